The average molecular weight is 418 g/mol. The lowest BCUT2D eigenvalue weighted by Gasteiger charge is -2.25. The number of nitrogens with one attached hydrogen (secondary N) is 1. The predicted octanol–water partition coefficient (Wildman–Crippen LogP) is 4.38. The van der Waals surface area contributed by atoms with Gasteiger partial charge < -0.3 is 15.2 Å². The molecular weight excluding hydrogens is 405 g/mol. The molecule has 0 bridgehead atoms. The van der Waals surface area contributed by atoms with Crippen molar-refractivity contribution in [1.82, 2.24) is 10.2 Å². The third kappa shape index (κ3) is 3.09. The zero-order valence-electron chi connectivity index (χ0n) is 14.9. The Bertz CT molecular complexity index is 1140. The Hall–Kier alpha value is -3.45. The quantitative estimate of drug-likeness (QED) is 0.658. The van der Waals surface area contributed by atoms with Gasteiger partial charge in [-0.2, -0.15) is 18.4 Å². The summed E-state index contributed by atoms with van der Waals surface area (Å²) in [6.45, 7) is 0. The molecule has 1 aromatic carbocycles. The maximum atomic E-state index is 13.6. The third-order valence-electron chi connectivity index (χ3n) is 4.57. The van der Waals surface area contributed by atoms with Gasteiger partial charge in [0.05, 0.1) is 34.7 Å². The molecule has 10 heteroatoms. The highest BCUT2D eigenvalue weighted by Crippen LogP contribution is 2.48. The molecule has 1 aliphatic rings. The van der Waals surface area contributed by atoms with E-state index in [9.17, 15) is 18.4 Å². The van der Waals surface area contributed by atoms with E-state index in [-0.39, 0.29) is 28.6 Å². The number of nitrogens with zero attached hydrogens (tertiary/aromatic N) is 2. The van der Waals surface area contributed by atoms with E-state index in [4.69, 9.17) is 15.2 Å². The van der Waals surface area contributed by atoms with Crippen molar-refractivity contribution in [3.05, 3.63) is 63.9 Å². The minimum Gasteiger partial charge on any atom is -0.496 e. The van der Waals surface area contributed by atoms with E-state index in [1.165, 1.54) is 30.6 Å². The number of hydrogen-bond acceptors (Lipinski definition) is 6. The number of thiophene rings is 1. The number of aromatic nitrogens is 2. The first kappa shape index (κ1) is 18.9. The van der Waals surface area contributed by atoms with Crippen LogP contribution in [0, 0.1) is 11.3 Å². The van der Waals surface area contributed by atoms with Crippen LogP contribution in [0.3, 0.4) is 0 Å². The molecule has 3 N–H and O–H groups in total. The van der Waals surface area contributed by atoms with E-state index < -0.39 is 17.7 Å². The second kappa shape index (κ2) is 6.86. The molecule has 6 nitrogen and oxygen atoms in total. The van der Waals surface area contributed by atoms with Crippen LogP contribution in [0.5, 0.6) is 11.6 Å². The summed E-state index contributed by atoms with van der Waals surface area (Å²) in [7, 11) is 1.17. The van der Waals surface area contributed by atoms with Crippen LogP contribution in [0.4, 0.5) is 13.2 Å². The summed E-state index contributed by atoms with van der Waals surface area (Å²) in [5, 5.41) is 18.5. The molecule has 0 saturated heterocycles. The van der Waals surface area contributed by atoms with E-state index in [2.05, 4.69) is 10.2 Å². The smallest absolute Gasteiger partial charge is 0.419 e. The molecule has 0 aliphatic carbocycles. The molecule has 0 amide bonds. The molecule has 1 atom stereocenters. The van der Waals surface area contributed by atoms with Gasteiger partial charge in [-0.25, -0.2) is 0 Å². The maximum absolute atomic E-state index is 13.6. The Morgan fingerprint density at radius 3 is 2.76 bits per heavy atom. The summed E-state index contributed by atoms with van der Waals surface area (Å²) in [6, 6.07) is 9.30. The topological polar surface area (TPSA) is 96.9 Å². The predicted molar refractivity (Wildman–Crippen MR) is 99.2 cm³/mol. The normalized spacial score (nSPS) is 16.2. The summed E-state index contributed by atoms with van der Waals surface area (Å²) in [4.78, 5) is 0.801. The molecule has 0 radical (unpaired) electrons. The molecule has 0 fully saturated rings. The van der Waals surface area contributed by atoms with Gasteiger partial charge in [-0.1, -0.05) is 12.1 Å². The molecule has 0 spiro atoms. The number of hydrogen-bond donors (Lipinski definition) is 2. The number of fused-ring (bicyclic) bond motifs is 1. The first-order valence-electron chi connectivity index (χ1n) is 8.30. The standard InChI is InChI=1S/C19H13F3N4O2S/c1-27-12-5-4-9(7-11(12)19(20,21)22)14-10(8-23)17(24)28-18-15(14)16(25-26-18)13-3-2-6-29-13/h2-7,14H,24H2,1H3,(H,25,26). The molecule has 2 aromatic heterocycles. The van der Waals surface area contributed by atoms with E-state index >= 15 is 0 Å². The van der Waals surface area contributed by atoms with Crippen LogP contribution in [0.1, 0.15) is 22.6 Å². The van der Waals surface area contributed by atoms with Crippen molar-refractivity contribution in [3.8, 4) is 28.3 Å². The lowest BCUT2D eigenvalue weighted by molar-refractivity contribution is -0.138. The molecule has 148 valence electrons. The van der Waals surface area contributed by atoms with Gasteiger partial charge in [-0.3, -0.25) is 5.10 Å². The Kier molecular flexibility index (Phi) is 4.47. The van der Waals surface area contributed by atoms with Crippen molar-refractivity contribution >= 4 is 11.3 Å². The number of nitriles is 1. The van der Waals surface area contributed by atoms with Gasteiger partial charge in [0.2, 0.25) is 11.8 Å². The zero-order chi connectivity index (χ0) is 20.8. The highest BCUT2D eigenvalue weighted by atomic mass is 32.1. The Labute approximate surface area is 167 Å². The molecular formula is C19H13F3N4O2S. The summed E-state index contributed by atoms with van der Waals surface area (Å²) < 4.78 is 51.0. The van der Waals surface area contributed by atoms with Crippen LogP contribution >= 0.6 is 11.3 Å². The SMILES string of the molecule is COc1ccc(C2C(C#N)=C(N)Oc3n[nH]c(-c4cccs4)c32)cc1C(F)(F)F. The first-order valence-corrected chi connectivity index (χ1v) is 9.18. The highest BCUT2D eigenvalue weighted by Gasteiger charge is 2.39. The molecule has 0 saturated carbocycles. The number of halogens is 3. The fraction of sp³-hybridized carbons (Fsp3) is 0.158. The number of alkyl halides is 3. The van der Waals surface area contributed by atoms with Gasteiger partial charge in [0.15, 0.2) is 0 Å². The van der Waals surface area contributed by atoms with Crippen molar-refractivity contribution in [1.29, 1.82) is 5.26 Å². The fourth-order valence-corrected chi connectivity index (χ4v) is 4.05. The summed E-state index contributed by atoms with van der Waals surface area (Å²) >= 11 is 1.42. The van der Waals surface area contributed by atoms with Crippen molar-refractivity contribution in [3.63, 3.8) is 0 Å². The van der Waals surface area contributed by atoms with E-state index in [1.807, 2.05) is 23.6 Å². The van der Waals surface area contributed by atoms with E-state index in [0.29, 0.717) is 11.3 Å². The largest absolute Gasteiger partial charge is 0.496 e. The second-order valence-corrected chi connectivity index (χ2v) is 7.12. The molecule has 4 rings (SSSR count). The van der Waals surface area contributed by atoms with Crippen molar-refractivity contribution in [2.24, 2.45) is 5.73 Å². The number of methoxy groups -OCH3 is 1. The zero-order valence-corrected chi connectivity index (χ0v) is 15.7. The lowest BCUT2D eigenvalue weighted by atomic mass is 9.83. The number of nitrogens with two attached hydrogens (primary N) is 1. The van der Waals surface area contributed by atoms with Crippen LogP contribution < -0.4 is 15.2 Å². The minimum atomic E-state index is -4.63. The molecule has 1 unspecified atom stereocenters. The Balaban J connectivity index is 1.96. The number of aromatic amines is 1. The highest BCUT2D eigenvalue weighted by molar-refractivity contribution is 7.13. The lowest BCUT2D eigenvalue weighted by Crippen LogP contribution is -2.21. The Morgan fingerprint density at radius 1 is 1.34 bits per heavy atom. The molecule has 3 aromatic rings. The van der Waals surface area contributed by atoms with Gasteiger partial charge in [0, 0.05) is 0 Å². The van der Waals surface area contributed by atoms with Crippen LogP contribution in [-0.4, -0.2) is 17.3 Å². The summed E-state index contributed by atoms with van der Waals surface area (Å²) in [5.41, 5.74) is 6.18. The fourth-order valence-electron chi connectivity index (χ4n) is 3.31. The van der Waals surface area contributed by atoms with Crippen LogP contribution in [0.2, 0.25) is 0 Å². The maximum Gasteiger partial charge on any atom is 0.419 e. The van der Waals surface area contributed by atoms with Gasteiger partial charge in [0.25, 0.3) is 0 Å². The Morgan fingerprint density at radius 2 is 2.14 bits per heavy atom. The minimum absolute atomic E-state index is 0.00926. The van der Waals surface area contributed by atoms with E-state index in [1.54, 1.807) is 0 Å². The molecule has 29 heavy (non-hydrogen) atoms. The first-order chi connectivity index (χ1) is 13.8. The molecule has 1 aliphatic heterocycles. The van der Waals surface area contributed by atoms with Crippen LogP contribution in [0.15, 0.2) is 47.2 Å². The van der Waals surface area contributed by atoms with Gasteiger partial charge >= 0.3 is 6.18 Å². The third-order valence-corrected chi connectivity index (χ3v) is 5.46. The average Bonchev–Trinajstić information content (AvgIpc) is 3.35. The van der Waals surface area contributed by atoms with Crippen molar-refractivity contribution in [2.75, 3.05) is 7.11 Å². The monoisotopic (exact) mass is 418 g/mol. The number of H-pyrrole nitrogens is 1. The number of allylic oxidation sites excluding steroid dienone is 1. The molecule has 3 heterocycles. The van der Waals surface area contributed by atoms with Crippen molar-refractivity contribution in [2.45, 2.75) is 12.1 Å². The summed E-state index contributed by atoms with van der Waals surface area (Å²) in [5.74, 6) is -1.26. The van der Waals surface area contributed by atoms with Gasteiger partial charge in [0.1, 0.15) is 17.4 Å². The van der Waals surface area contributed by atoms with Crippen LogP contribution in [-0.2, 0) is 6.18 Å². The summed E-state index contributed by atoms with van der Waals surface area (Å²) in [6.07, 6.45) is -4.63. The second-order valence-electron chi connectivity index (χ2n) is 6.18. The van der Waals surface area contributed by atoms with Gasteiger partial charge in [-0.05, 0) is 29.1 Å². The van der Waals surface area contributed by atoms with Gasteiger partial charge in [-0.15, -0.1) is 16.4 Å². The number of rotatable bonds is 3. The van der Waals surface area contributed by atoms with Crippen LogP contribution in [0.25, 0.3) is 10.6 Å². The van der Waals surface area contributed by atoms with E-state index in [0.717, 1.165) is 10.9 Å². The van der Waals surface area contributed by atoms with Crippen molar-refractivity contribution < 1.29 is 22.6 Å². The number of ether oxygens (including phenoxy) is 2. The number of benzene rings is 1.